The first-order chi connectivity index (χ1) is 12.3. The van der Waals surface area contributed by atoms with Gasteiger partial charge in [0.1, 0.15) is 11.4 Å². The van der Waals surface area contributed by atoms with Gasteiger partial charge in [-0.25, -0.2) is 0 Å². The van der Waals surface area contributed by atoms with Gasteiger partial charge in [-0.2, -0.15) is 5.10 Å². The first-order valence-electron chi connectivity index (χ1n) is 8.99. The molecule has 0 bridgehead atoms. The number of nitrogens with one attached hydrogen (secondary N) is 2. The molecule has 2 aromatic rings. The van der Waals surface area contributed by atoms with Crippen molar-refractivity contribution in [3.8, 4) is 5.75 Å². The van der Waals surface area contributed by atoms with Gasteiger partial charge in [0.25, 0.3) is 5.91 Å². The van der Waals surface area contributed by atoms with Crippen LogP contribution >= 0.6 is 12.4 Å². The van der Waals surface area contributed by atoms with Crippen LogP contribution in [-0.4, -0.2) is 35.9 Å². The quantitative estimate of drug-likeness (QED) is 0.860. The maximum absolute atomic E-state index is 12.6. The molecule has 1 aromatic heterocycles. The van der Waals surface area contributed by atoms with E-state index in [4.69, 9.17) is 4.74 Å². The van der Waals surface area contributed by atoms with Crippen LogP contribution in [0.2, 0.25) is 0 Å². The Kier molecular flexibility index (Phi) is 5.84. The van der Waals surface area contributed by atoms with Crippen molar-refractivity contribution in [1.29, 1.82) is 0 Å². The average Bonchev–Trinajstić information content (AvgIpc) is 3.30. The molecule has 2 heterocycles. The topological polar surface area (TPSA) is 68.2 Å². The van der Waals surface area contributed by atoms with Crippen molar-refractivity contribution < 1.29 is 9.53 Å². The molecule has 1 fully saturated rings. The third-order valence-electron chi connectivity index (χ3n) is 5.24. The lowest BCUT2D eigenvalue weighted by Gasteiger charge is -2.22. The molecule has 2 N–H and O–H groups in total. The van der Waals surface area contributed by atoms with E-state index in [-0.39, 0.29) is 24.4 Å². The summed E-state index contributed by atoms with van der Waals surface area (Å²) < 4.78 is 7.35. The van der Waals surface area contributed by atoms with Crippen LogP contribution in [0.25, 0.3) is 0 Å². The first kappa shape index (κ1) is 18.7. The molecule has 2 atom stereocenters. The molecule has 0 radical (unpaired) electrons. The number of nitrogens with zero attached hydrogens (tertiary/aromatic N) is 2. The Balaban J connectivity index is 0.00000196. The van der Waals surface area contributed by atoms with Gasteiger partial charge in [0.2, 0.25) is 0 Å². The minimum Gasteiger partial charge on any atom is -0.496 e. The highest BCUT2D eigenvalue weighted by atomic mass is 35.5. The molecule has 26 heavy (non-hydrogen) atoms. The summed E-state index contributed by atoms with van der Waals surface area (Å²) in [5.41, 5.74) is 2.85. The Morgan fingerprint density at radius 1 is 1.35 bits per heavy atom. The van der Waals surface area contributed by atoms with Gasteiger partial charge in [0.05, 0.1) is 19.2 Å². The second kappa shape index (κ2) is 8.10. The van der Waals surface area contributed by atoms with Gasteiger partial charge in [-0.1, -0.05) is 12.1 Å². The molecular formula is C19H25ClN4O2. The third-order valence-corrected chi connectivity index (χ3v) is 5.24. The summed E-state index contributed by atoms with van der Waals surface area (Å²) in [5, 5.41) is 11.0. The van der Waals surface area contributed by atoms with Crippen LogP contribution in [0.5, 0.6) is 5.75 Å². The summed E-state index contributed by atoms with van der Waals surface area (Å²) in [5.74, 6) is 0.798. The number of halogens is 1. The fourth-order valence-electron chi connectivity index (χ4n) is 3.92. The zero-order valence-electron chi connectivity index (χ0n) is 14.9. The Hall–Kier alpha value is -2.05. The van der Waals surface area contributed by atoms with E-state index in [1.807, 2.05) is 29.1 Å². The van der Waals surface area contributed by atoms with Crippen LogP contribution in [0.3, 0.4) is 0 Å². The molecule has 1 aliphatic heterocycles. The van der Waals surface area contributed by atoms with E-state index in [1.54, 1.807) is 7.11 Å². The molecule has 1 aliphatic carbocycles. The second-order valence-electron chi connectivity index (χ2n) is 6.77. The van der Waals surface area contributed by atoms with Crippen molar-refractivity contribution >= 4 is 18.3 Å². The maximum Gasteiger partial charge on any atom is 0.272 e. The summed E-state index contributed by atoms with van der Waals surface area (Å²) in [6.45, 7) is 1.98. The summed E-state index contributed by atoms with van der Waals surface area (Å²) in [6, 6.07) is 8.20. The van der Waals surface area contributed by atoms with E-state index in [0.29, 0.717) is 11.7 Å². The molecule has 140 valence electrons. The number of hydrogen-bond donors (Lipinski definition) is 2. The molecule has 0 spiro atoms. The van der Waals surface area contributed by atoms with Gasteiger partial charge in [-0.15, -0.1) is 12.4 Å². The summed E-state index contributed by atoms with van der Waals surface area (Å²) in [7, 11) is 1.69. The van der Waals surface area contributed by atoms with Crippen molar-refractivity contribution in [2.24, 2.45) is 0 Å². The fraction of sp³-hybridized carbons (Fsp3) is 0.474. The van der Waals surface area contributed by atoms with Crippen LogP contribution in [0.15, 0.2) is 30.5 Å². The molecule has 6 nitrogen and oxygen atoms in total. The smallest absolute Gasteiger partial charge is 0.272 e. The van der Waals surface area contributed by atoms with Crippen LogP contribution < -0.4 is 15.4 Å². The molecular weight excluding hydrogens is 352 g/mol. The molecule has 1 aromatic carbocycles. The summed E-state index contributed by atoms with van der Waals surface area (Å²) in [6.07, 6.45) is 5.98. The Morgan fingerprint density at radius 2 is 2.23 bits per heavy atom. The summed E-state index contributed by atoms with van der Waals surface area (Å²) >= 11 is 0. The van der Waals surface area contributed by atoms with Gasteiger partial charge in [0.15, 0.2) is 0 Å². The lowest BCUT2D eigenvalue weighted by atomic mass is 10.1. The number of hydrogen-bond acceptors (Lipinski definition) is 4. The number of ether oxygens (including phenoxy) is 1. The number of rotatable bonds is 4. The van der Waals surface area contributed by atoms with Gasteiger partial charge >= 0.3 is 0 Å². The van der Waals surface area contributed by atoms with Crippen LogP contribution in [0, 0.1) is 0 Å². The SMILES string of the molecule is COc1cccc2c1CCC2NC(=O)c1ccn(C2CCCNC2)n1.Cl. The minimum atomic E-state index is -0.108. The number of aromatic nitrogens is 2. The van der Waals surface area contributed by atoms with E-state index in [0.717, 1.165) is 50.1 Å². The van der Waals surface area contributed by atoms with E-state index < -0.39 is 0 Å². The summed E-state index contributed by atoms with van der Waals surface area (Å²) in [4.78, 5) is 12.6. The lowest BCUT2D eigenvalue weighted by Crippen LogP contribution is -2.32. The largest absolute Gasteiger partial charge is 0.496 e. The van der Waals surface area contributed by atoms with E-state index in [2.05, 4.69) is 21.8 Å². The van der Waals surface area contributed by atoms with Crippen LogP contribution in [-0.2, 0) is 6.42 Å². The Bertz CT molecular complexity index is 771. The van der Waals surface area contributed by atoms with E-state index in [9.17, 15) is 4.79 Å². The molecule has 1 amide bonds. The number of methoxy groups -OCH3 is 1. The first-order valence-corrected chi connectivity index (χ1v) is 8.99. The van der Waals surface area contributed by atoms with E-state index in [1.165, 1.54) is 5.56 Å². The highest BCUT2D eigenvalue weighted by molar-refractivity contribution is 5.92. The fourth-order valence-corrected chi connectivity index (χ4v) is 3.92. The average molecular weight is 377 g/mol. The Labute approximate surface area is 159 Å². The molecule has 2 unspecified atom stereocenters. The van der Waals surface area contributed by atoms with Crippen LogP contribution in [0.1, 0.15) is 53.0 Å². The van der Waals surface area contributed by atoms with Crippen molar-refractivity contribution in [1.82, 2.24) is 20.4 Å². The zero-order valence-corrected chi connectivity index (χ0v) is 15.7. The van der Waals surface area contributed by atoms with Gasteiger partial charge < -0.3 is 15.4 Å². The Morgan fingerprint density at radius 3 is 3.00 bits per heavy atom. The molecule has 7 heteroatoms. The van der Waals surface area contributed by atoms with Gasteiger partial charge in [0, 0.05) is 12.7 Å². The monoisotopic (exact) mass is 376 g/mol. The van der Waals surface area contributed by atoms with Crippen molar-refractivity contribution in [2.45, 2.75) is 37.8 Å². The number of fused-ring (bicyclic) bond motifs is 1. The van der Waals surface area contributed by atoms with Crippen molar-refractivity contribution in [3.63, 3.8) is 0 Å². The maximum atomic E-state index is 12.6. The van der Waals surface area contributed by atoms with Crippen molar-refractivity contribution in [2.75, 3.05) is 20.2 Å². The zero-order chi connectivity index (χ0) is 17.2. The lowest BCUT2D eigenvalue weighted by molar-refractivity contribution is 0.0930. The van der Waals surface area contributed by atoms with Crippen molar-refractivity contribution in [3.05, 3.63) is 47.3 Å². The molecule has 4 rings (SSSR count). The van der Waals surface area contributed by atoms with Gasteiger partial charge in [-0.3, -0.25) is 9.48 Å². The second-order valence-corrected chi connectivity index (χ2v) is 6.77. The molecule has 2 aliphatic rings. The molecule has 1 saturated heterocycles. The highest BCUT2D eigenvalue weighted by Crippen LogP contribution is 2.36. The number of piperidine rings is 1. The molecule has 0 saturated carbocycles. The number of carbonyl (C=O) groups is 1. The predicted molar refractivity (Wildman–Crippen MR) is 102 cm³/mol. The number of amides is 1. The predicted octanol–water partition coefficient (Wildman–Crippen LogP) is 2.66. The number of carbonyl (C=O) groups excluding carboxylic acids is 1. The minimum absolute atomic E-state index is 0. The van der Waals surface area contributed by atoms with E-state index >= 15 is 0 Å². The standard InChI is InChI=1S/C19H24N4O2.ClH/c1-25-18-6-2-5-14-15(18)7-8-16(14)21-19(24)17-9-11-23(22-17)13-4-3-10-20-12-13;/h2,5-6,9,11,13,16,20H,3-4,7-8,10,12H2,1H3,(H,21,24);1H. The normalized spacial score (nSPS) is 21.6. The third kappa shape index (κ3) is 3.57. The highest BCUT2D eigenvalue weighted by Gasteiger charge is 2.27. The number of benzene rings is 1. The van der Waals surface area contributed by atoms with Crippen LogP contribution in [0.4, 0.5) is 0 Å². The van der Waals surface area contributed by atoms with Gasteiger partial charge in [-0.05, 0) is 55.5 Å².